The molecule has 9 nitrogen and oxygen atoms in total. The molecule has 0 fully saturated rings. The third-order valence-electron chi connectivity index (χ3n) is 4.37. The van der Waals surface area contributed by atoms with Crippen molar-refractivity contribution in [1.82, 2.24) is 34.5 Å². The topological polar surface area (TPSA) is 88.2 Å². The fraction of sp³-hybridized carbons (Fsp3) is 0.444. The minimum absolute atomic E-state index is 0. The van der Waals surface area contributed by atoms with Gasteiger partial charge < -0.3 is 20.1 Å². The lowest BCUT2D eigenvalue weighted by molar-refractivity contribution is 0.462. The van der Waals surface area contributed by atoms with E-state index >= 15 is 0 Å². The Kier molecular flexibility index (Phi) is 8.50. The Bertz CT molecular complexity index is 966. The van der Waals surface area contributed by atoms with Gasteiger partial charge in [0, 0.05) is 46.1 Å². The van der Waals surface area contributed by atoms with E-state index in [9.17, 15) is 0 Å². The van der Waals surface area contributed by atoms with E-state index in [-0.39, 0.29) is 24.0 Å². The summed E-state index contributed by atoms with van der Waals surface area (Å²) in [6.45, 7) is 4.82. The molecule has 0 amide bonds. The van der Waals surface area contributed by atoms with Gasteiger partial charge in [-0.3, -0.25) is 9.67 Å². The highest BCUT2D eigenvalue weighted by atomic mass is 127. The normalized spacial score (nSPS) is 11.4. The van der Waals surface area contributed by atoms with Gasteiger partial charge in [0.1, 0.15) is 12.1 Å². The minimum Gasteiger partial charge on any atom is -0.367 e. The maximum absolute atomic E-state index is 6.08. The van der Waals surface area contributed by atoms with Crippen molar-refractivity contribution in [2.45, 2.75) is 13.5 Å². The molecular weight excluding hydrogens is 505 g/mol. The number of nitrogens with one attached hydrogen (secondary N) is 2. The van der Waals surface area contributed by atoms with E-state index in [1.165, 1.54) is 0 Å². The number of aryl methyl sites for hydroxylation is 2. The molecule has 3 rings (SSSR count). The molecule has 2 N–H and O–H groups in total. The van der Waals surface area contributed by atoms with Crippen LogP contribution in [-0.2, 0) is 20.6 Å². The van der Waals surface area contributed by atoms with Crippen LogP contribution in [0, 0.1) is 0 Å². The first-order chi connectivity index (χ1) is 13.5. The van der Waals surface area contributed by atoms with Gasteiger partial charge in [-0.2, -0.15) is 5.10 Å². The van der Waals surface area contributed by atoms with E-state index in [4.69, 9.17) is 16.6 Å². The van der Waals surface area contributed by atoms with Crippen LogP contribution < -0.4 is 10.6 Å². The van der Waals surface area contributed by atoms with Gasteiger partial charge in [0.05, 0.1) is 29.7 Å². The molecule has 0 unspecified atom stereocenters. The summed E-state index contributed by atoms with van der Waals surface area (Å²) in [5, 5.41) is 12.5. The van der Waals surface area contributed by atoms with Gasteiger partial charge in [0.25, 0.3) is 0 Å². The van der Waals surface area contributed by atoms with Crippen molar-refractivity contribution in [3.63, 3.8) is 0 Å². The van der Waals surface area contributed by atoms with Crippen LogP contribution in [-0.4, -0.2) is 61.9 Å². The van der Waals surface area contributed by atoms with Gasteiger partial charge >= 0.3 is 0 Å². The van der Waals surface area contributed by atoms with Crippen molar-refractivity contribution in [1.29, 1.82) is 0 Å². The van der Waals surface area contributed by atoms with E-state index in [2.05, 4.69) is 37.5 Å². The molecule has 0 aliphatic carbocycles. The smallest absolute Gasteiger partial charge is 0.194 e. The average molecular weight is 532 g/mol. The summed E-state index contributed by atoms with van der Waals surface area (Å²) >= 11 is 6.08. The largest absolute Gasteiger partial charge is 0.367 e. The molecule has 0 atom stereocenters. The van der Waals surface area contributed by atoms with E-state index in [1.54, 1.807) is 17.2 Å². The predicted octanol–water partition coefficient (Wildman–Crippen LogP) is 2.48. The third-order valence-corrected chi connectivity index (χ3v) is 4.57. The predicted molar refractivity (Wildman–Crippen MR) is 128 cm³/mol. The highest BCUT2D eigenvalue weighted by Crippen LogP contribution is 2.17. The molecule has 3 heterocycles. The molecule has 3 aromatic heterocycles. The molecule has 0 aliphatic heterocycles. The van der Waals surface area contributed by atoms with Crippen molar-refractivity contribution in [3.05, 3.63) is 35.5 Å². The van der Waals surface area contributed by atoms with Crippen LogP contribution in [0.25, 0.3) is 11.0 Å². The first kappa shape index (κ1) is 23.2. The molecule has 0 saturated carbocycles. The first-order valence-electron chi connectivity index (χ1n) is 9.16. The third kappa shape index (κ3) is 5.72. The number of anilines is 1. The number of halogens is 2. The zero-order valence-corrected chi connectivity index (χ0v) is 20.1. The van der Waals surface area contributed by atoms with Gasteiger partial charge in [0.15, 0.2) is 11.6 Å². The fourth-order valence-corrected chi connectivity index (χ4v) is 3.22. The maximum atomic E-state index is 6.08. The maximum Gasteiger partial charge on any atom is 0.194 e. The van der Waals surface area contributed by atoms with E-state index in [0.717, 1.165) is 40.1 Å². The van der Waals surface area contributed by atoms with Crippen LogP contribution in [0.15, 0.2) is 29.8 Å². The molecular formula is C18H27ClIN9. The highest BCUT2D eigenvalue weighted by molar-refractivity contribution is 14.0. The van der Waals surface area contributed by atoms with Crippen LogP contribution in [0.5, 0.6) is 0 Å². The van der Waals surface area contributed by atoms with Crippen LogP contribution in [0.1, 0.15) is 12.6 Å². The number of aliphatic imine (C=N–C) groups is 1. The summed E-state index contributed by atoms with van der Waals surface area (Å²) in [5.74, 6) is 1.61. The molecule has 3 aromatic rings. The van der Waals surface area contributed by atoms with Crippen LogP contribution in [0.3, 0.4) is 0 Å². The number of rotatable bonds is 7. The Morgan fingerprint density at radius 2 is 2.10 bits per heavy atom. The molecule has 0 bridgehead atoms. The molecule has 0 aliphatic rings. The van der Waals surface area contributed by atoms with Crippen molar-refractivity contribution < 1.29 is 0 Å². The molecule has 0 saturated heterocycles. The van der Waals surface area contributed by atoms with Crippen molar-refractivity contribution in [2.24, 2.45) is 19.1 Å². The fourth-order valence-electron chi connectivity index (χ4n) is 2.95. The second kappa shape index (κ2) is 10.6. The summed E-state index contributed by atoms with van der Waals surface area (Å²) < 4.78 is 3.76. The van der Waals surface area contributed by atoms with Crippen molar-refractivity contribution >= 4 is 58.4 Å². The summed E-state index contributed by atoms with van der Waals surface area (Å²) in [5.41, 5.74) is 1.92. The number of guanidine groups is 1. The summed E-state index contributed by atoms with van der Waals surface area (Å²) in [6, 6.07) is 1.97. The van der Waals surface area contributed by atoms with Crippen molar-refractivity contribution in [3.8, 4) is 0 Å². The zero-order valence-electron chi connectivity index (χ0n) is 17.1. The second-order valence-electron chi connectivity index (χ2n) is 6.51. The molecule has 0 radical (unpaired) electrons. The Morgan fingerprint density at radius 3 is 2.79 bits per heavy atom. The van der Waals surface area contributed by atoms with Gasteiger partial charge in [0.2, 0.25) is 0 Å². The molecule has 0 spiro atoms. The zero-order chi connectivity index (χ0) is 20.1. The monoisotopic (exact) mass is 531 g/mol. The Hall–Kier alpha value is -2.08. The van der Waals surface area contributed by atoms with Gasteiger partial charge in [-0.15, -0.1) is 24.0 Å². The lowest BCUT2D eigenvalue weighted by atomic mass is 10.4. The van der Waals surface area contributed by atoms with Gasteiger partial charge in [-0.05, 0) is 13.0 Å². The minimum atomic E-state index is 0. The highest BCUT2D eigenvalue weighted by Gasteiger charge is 2.10. The molecule has 0 aromatic carbocycles. The Morgan fingerprint density at radius 1 is 1.31 bits per heavy atom. The van der Waals surface area contributed by atoms with E-state index < -0.39 is 0 Å². The number of hydrogen-bond acceptors (Lipinski definition) is 5. The first-order valence-corrected chi connectivity index (χ1v) is 9.54. The van der Waals surface area contributed by atoms with Crippen LogP contribution in [0.2, 0.25) is 5.02 Å². The van der Waals surface area contributed by atoms with Gasteiger partial charge in [-0.1, -0.05) is 11.6 Å². The molecule has 158 valence electrons. The summed E-state index contributed by atoms with van der Waals surface area (Å²) in [6.07, 6.45) is 5.21. The Balaban J connectivity index is 0.00000300. The molecule has 29 heavy (non-hydrogen) atoms. The van der Waals surface area contributed by atoms with E-state index in [1.807, 2.05) is 38.0 Å². The standard InChI is InChI=1S/C18H26ClN9.HI/c1-5-20-18(27(3)11-14-8-13(19)10-26(14)2)22-7-6-21-16-15-9-25-28(4)17(15)24-12-23-16;/h8-10,12H,5-7,11H2,1-4H3,(H,20,22)(H,21,23,24);1H. The van der Waals surface area contributed by atoms with Crippen molar-refractivity contribution in [2.75, 3.05) is 32.0 Å². The second-order valence-corrected chi connectivity index (χ2v) is 6.94. The summed E-state index contributed by atoms with van der Waals surface area (Å²) in [7, 11) is 5.87. The lowest BCUT2D eigenvalue weighted by Gasteiger charge is -2.22. The number of fused-ring (bicyclic) bond motifs is 1. The SMILES string of the molecule is CCNC(=NCCNc1ncnc2c1cnn2C)N(C)Cc1cc(Cl)cn1C.I. The number of nitrogens with zero attached hydrogens (tertiary/aromatic N) is 7. The number of hydrogen-bond donors (Lipinski definition) is 2. The Labute approximate surface area is 192 Å². The lowest BCUT2D eigenvalue weighted by Crippen LogP contribution is -2.39. The number of aromatic nitrogens is 5. The summed E-state index contributed by atoms with van der Waals surface area (Å²) in [4.78, 5) is 15.4. The van der Waals surface area contributed by atoms with Gasteiger partial charge in [-0.25, -0.2) is 9.97 Å². The van der Waals surface area contributed by atoms with E-state index in [0.29, 0.717) is 19.6 Å². The van der Waals surface area contributed by atoms with Crippen LogP contribution >= 0.6 is 35.6 Å². The van der Waals surface area contributed by atoms with Crippen LogP contribution in [0.4, 0.5) is 5.82 Å². The quantitative estimate of drug-likeness (QED) is 0.211. The average Bonchev–Trinajstić information content (AvgIpc) is 3.20. The molecule has 11 heteroatoms.